The highest BCUT2D eigenvalue weighted by Gasteiger charge is 2.37. The quantitative estimate of drug-likeness (QED) is 0.317. The molecule has 5 rings (SSSR count). The molecule has 0 radical (unpaired) electrons. The zero-order valence-electron chi connectivity index (χ0n) is 24.0. The van der Waals surface area contributed by atoms with Crippen molar-refractivity contribution >= 4 is 11.9 Å². The molecule has 1 amide bonds. The number of hydrogen-bond acceptors (Lipinski definition) is 6. The molecule has 1 aromatic heterocycles. The summed E-state index contributed by atoms with van der Waals surface area (Å²) in [5.41, 5.74) is 3.99. The molecule has 0 spiro atoms. The number of piperidine rings is 1. The largest absolute Gasteiger partial charge is 0.493 e. The maximum Gasteiger partial charge on any atom is 0.352 e. The first kappa shape index (κ1) is 28.7. The molecule has 0 bridgehead atoms. The van der Waals surface area contributed by atoms with Gasteiger partial charge in [0.15, 0.2) is 0 Å². The molecule has 41 heavy (non-hydrogen) atoms. The number of aryl methyl sites for hydroxylation is 1. The number of benzene rings is 2. The van der Waals surface area contributed by atoms with Crippen molar-refractivity contribution in [1.29, 1.82) is 0 Å². The molecule has 218 valence electrons. The van der Waals surface area contributed by atoms with Crippen LogP contribution >= 0.6 is 0 Å². The van der Waals surface area contributed by atoms with Crippen LogP contribution in [0, 0.1) is 12.8 Å². The normalized spacial score (nSPS) is 20.5. The minimum atomic E-state index is -0.902. The Morgan fingerprint density at radius 1 is 1.07 bits per heavy atom. The van der Waals surface area contributed by atoms with Gasteiger partial charge in [-0.1, -0.05) is 18.2 Å². The molecule has 0 saturated carbocycles. The summed E-state index contributed by atoms with van der Waals surface area (Å²) in [6.45, 7) is 8.34. The van der Waals surface area contributed by atoms with Gasteiger partial charge in [-0.05, 0) is 79.8 Å². The lowest BCUT2D eigenvalue weighted by molar-refractivity contribution is 0.0530. The fourth-order valence-corrected chi connectivity index (χ4v) is 6.16. The van der Waals surface area contributed by atoms with Crippen molar-refractivity contribution in [2.75, 3.05) is 40.0 Å². The van der Waals surface area contributed by atoms with E-state index in [2.05, 4.69) is 29.3 Å². The molecule has 0 aliphatic carbocycles. The molecule has 9 nitrogen and oxygen atoms in total. The molecular formula is C32H39N3O6. The van der Waals surface area contributed by atoms with Crippen LogP contribution in [0.25, 0.3) is 0 Å². The van der Waals surface area contributed by atoms with Gasteiger partial charge >= 0.3 is 5.97 Å². The molecule has 3 aromatic rings. The average Bonchev–Trinajstić information content (AvgIpc) is 3.53. The van der Waals surface area contributed by atoms with Crippen LogP contribution in [-0.2, 0) is 17.8 Å². The predicted octanol–water partition coefficient (Wildman–Crippen LogP) is 4.34. The van der Waals surface area contributed by atoms with Crippen molar-refractivity contribution in [3.8, 4) is 11.5 Å². The summed E-state index contributed by atoms with van der Waals surface area (Å²) in [6, 6.07) is 16.0. The summed E-state index contributed by atoms with van der Waals surface area (Å²) < 4.78 is 19.2. The Kier molecular flexibility index (Phi) is 8.95. The van der Waals surface area contributed by atoms with E-state index in [9.17, 15) is 14.7 Å². The number of methoxy groups -OCH3 is 1. The SMILES string of the molecule is COCCOc1cccc(C2CCN(CCn3ccc(C)c3C(=O)O)C(C)C2COc2ccc3c(c2)C(=O)NC3)c1. The number of nitrogens with one attached hydrogen (secondary N) is 1. The smallest absolute Gasteiger partial charge is 0.352 e. The number of aromatic nitrogens is 1. The highest BCUT2D eigenvalue weighted by atomic mass is 16.5. The molecule has 1 saturated heterocycles. The number of carboxylic acid groups (broad SMARTS) is 1. The summed E-state index contributed by atoms with van der Waals surface area (Å²) in [5, 5.41) is 12.5. The van der Waals surface area contributed by atoms with E-state index >= 15 is 0 Å². The molecule has 1 fully saturated rings. The first-order valence-electron chi connectivity index (χ1n) is 14.2. The van der Waals surface area contributed by atoms with Gasteiger partial charge < -0.3 is 29.2 Å². The van der Waals surface area contributed by atoms with E-state index in [1.165, 1.54) is 5.56 Å². The van der Waals surface area contributed by atoms with E-state index in [4.69, 9.17) is 14.2 Å². The monoisotopic (exact) mass is 561 g/mol. The molecule has 2 aliphatic heterocycles. The Bertz CT molecular complexity index is 1390. The number of nitrogens with zero attached hydrogens (tertiary/aromatic N) is 2. The van der Waals surface area contributed by atoms with Crippen molar-refractivity contribution in [2.45, 2.75) is 45.3 Å². The van der Waals surface area contributed by atoms with Gasteiger partial charge in [-0.2, -0.15) is 0 Å². The van der Waals surface area contributed by atoms with Crippen LogP contribution in [0.5, 0.6) is 11.5 Å². The number of ether oxygens (including phenoxy) is 3. The zero-order chi connectivity index (χ0) is 28.9. The fourth-order valence-electron chi connectivity index (χ4n) is 6.16. The van der Waals surface area contributed by atoms with Gasteiger partial charge in [0, 0.05) is 50.5 Å². The Morgan fingerprint density at radius 3 is 2.71 bits per heavy atom. The van der Waals surface area contributed by atoms with Gasteiger partial charge in [-0.3, -0.25) is 9.69 Å². The second-order valence-corrected chi connectivity index (χ2v) is 10.9. The number of aromatic carboxylic acids is 1. The standard InChI is InChI=1S/C32H39N3O6/c1-21-9-11-35(30(21)32(37)38)14-13-34-12-10-27(23-5-4-6-25(17-23)40-16-15-39-3)29(22(34)2)20-41-26-8-7-24-19-33-31(36)28(24)18-26/h4-9,11,17-18,22,27,29H,10,12-16,19-20H2,1-3H3,(H,33,36)(H,37,38). The second kappa shape index (κ2) is 12.8. The maximum atomic E-state index is 12.2. The van der Waals surface area contributed by atoms with E-state index < -0.39 is 5.97 Å². The summed E-state index contributed by atoms with van der Waals surface area (Å²) >= 11 is 0. The number of likely N-dealkylation sites (tertiary alicyclic amines) is 1. The van der Waals surface area contributed by atoms with Gasteiger partial charge in [0.2, 0.25) is 0 Å². The summed E-state index contributed by atoms with van der Waals surface area (Å²) in [7, 11) is 1.66. The number of rotatable bonds is 12. The second-order valence-electron chi connectivity index (χ2n) is 10.9. The topological polar surface area (TPSA) is 102 Å². The van der Waals surface area contributed by atoms with E-state index in [-0.39, 0.29) is 23.8 Å². The van der Waals surface area contributed by atoms with E-state index in [1.807, 2.05) is 54.1 Å². The van der Waals surface area contributed by atoms with Crippen molar-refractivity contribution in [3.63, 3.8) is 0 Å². The van der Waals surface area contributed by atoms with E-state index in [1.54, 1.807) is 7.11 Å². The molecule has 2 N–H and O–H groups in total. The van der Waals surface area contributed by atoms with Crippen LogP contribution in [0.4, 0.5) is 0 Å². The van der Waals surface area contributed by atoms with Crippen molar-refractivity contribution in [1.82, 2.24) is 14.8 Å². The Labute approximate surface area is 241 Å². The number of carbonyl (C=O) groups excluding carboxylic acids is 1. The zero-order valence-corrected chi connectivity index (χ0v) is 24.0. The lowest BCUT2D eigenvalue weighted by Gasteiger charge is -2.44. The third-order valence-corrected chi connectivity index (χ3v) is 8.49. The molecule has 3 heterocycles. The van der Waals surface area contributed by atoms with Crippen molar-refractivity contribution < 1.29 is 28.9 Å². The highest BCUT2D eigenvalue weighted by Crippen LogP contribution is 2.38. The maximum absolute atomic E-state index is 12.2. The number of carbonyl (C=O) groups is 2. The van der Waals surface area contributed by atoms with Gasteiger partial charge in [0.1, 0.15) is 23.8 Å². The van der Waals surface area contributed by atoms with Gasteiger partial charge in [0.05, 0.1) is 13.2 Å². The Balaban J connectivity index is 1.34. The first-order valence-corrected chi connectivity index (χ1v) is 14.2. The van der Waals surface area contributed by atoms with Crippen LogP contribution in [0.15, 0.2) is 54.7 Å². The molecular weight excluding hydrogens is 522 g/mol. The van der Waals surface area contributed by atoms with Crippen LogP contribution in [0.2, 0.25) is 0 Å². The number of amides is 1. The summed E-state index contributed by atoms with van der Waals surface area (Å²) in [5.74, 6) is 0.948. The first-order chi connectivity index (χ1) is 19.9. The van der Waals surface area contributed by atoms with Crippen LogP contribution in [-0.4, -0.2) is 72.5 Å². The highest BCUT2D eigenvalue weighted by molar-refractivity contribution is 5.98. The minimum Gasteiger partial charge on any atom is -0.493 e. The third-order valence-electron chi connectivity index (χ3n) is 8.49. The fraction of sp³-hybridized carbons (Fsp3) is 0.438. The Hall–Kier alpha value is -3.82. The van der Waals surface area contributed by atoms with E-state index in [0.29, 0.717) is 49.9 Å². The van der Waals surface area contributed by atoms with Crippen molar-refractivity contribution in [3.05, 3.63) is 82.7 Å². The molecule has 3 unspecified atom stereocenters. The molecule has 2 aromatic carbocycles. The molecule has 3 atom stereocenters. The van der Waals surface area contributed by atoms with Gasteiger partial charge in [0.25, 0.3) is 5.91 Å². The number of hydrogen-bond donors (Lipinski definition) is 2. The number of carboxylic acids is 1. The summed E-state index contributed by atoms with van der Waals surface area (Å²) in [4.78, 5) is 26.4. The molecule has 9 heteroatoms. The molecule has 2 aliphatic rings. The predicted molar refractivity (Wildman–Crippen MR) is 155 cm³/mol. The number of fused-ring (bicyclic) bond motifs is 1. The van der Waals surface area contributed by atoms with E-state index in [0.717, 1.165) is 36.4 Å². The van der Waals surface area contributed by atoms with Crippen LogP contribution in [0.3, 0.4) is 0 Å². The van der Waals surface area contributed by atoms with Gasteiger partial charge in [-0.25, -0.2) is 4.79 Å². The van der Waals surface area contributed by atoms with Crippen LogP contribution < -0.4 is 14.8 Å². The van der Waals surface area contributed by atoms with Crippen LogP contribution in [0.1, 0.15) is 56.8 Å². The minimum absolute atomic E-state index is 0.0631. The lowest BCUT2D eigenvalue weighted by atomic mass is 9.76. The van der Waals surface area contributed by atoms with Gasteiger partial charge in [-0.15, -0.1) is 0 Å². The third kappa shape index (κ3) is 6.41. The Morgan fingerprint density at radius 2 is 1.90 bits per heavy atom. The lowest BCUT2D eigenvalue weighted by Crippen LogP contribution is -2.49. The average molecular weight is 562 g/mol. The van der Waals surface area contributed by atoms with Crippen molar-refractivity contribution in [2.24, 2.45) is 5.92 Å². The summed E-state index contributed by atoms with van der Waals surface area (Å²) in [6.07, 6.45) is 2.79.